The van der Waals surface area contributed by atoms with Crippen molar-refractivity contribution >= 4 is 17.7 Å². The highest BCUT2D eigenvalue weighted by Gasteiger charge is 1.90. The Labute approximate surface area is 85.0 Å². The molecule has 0 saturated heterocycles. The lowest BCUT2D eigenvalue weighted by atomic mass is 10.3. The number of unbranched alkanes of at least 4 members (excludes halogenated alkanes) is 1. The van der Waals surface area contributed by atoms with E-state index >= 15 is 0 Å². The van der Waals surface area contributed by atoms with Gasteiger partial charge in [0.15, 0.2) is 0 Å². The number of hydrogen-bond donors (Lipinski definition) is 2. The molecule has 4 heteroatoms. The van der Waals surface area contributed by atoms with Gasteiger partial charge in [0.25, 0.3) is 0 Å². The second-order valence-corrected chi connectivity index (χ2v) is 3.92. The highest BCUT2D eigenvalue weighted by atomic mass is 32.2. The van der Waals surface area contributed by atoms with Crippen molar-refractivity contribution in [2.24, 2.45) is 0 Å². The van der Waals surface area contributed by atoms with E-state index in [1.165, 1.54) is 18.6 Å². The topological polar surface area (TPSA) is 41.1 Å². The minimum Gasteiger partial charge on any atom is -0.355 e. The standard InChI is InChI=1S/C9H20N2OS/c1-9(12)11-7-6-10-5-3-4-8-13-2/h10H,3-8H2,1-2H3,(H,11,12). The van der Waals surface area contributed by atoms with Gasteiger partial charge in [-0.25, -0.2) is 0 Å². The summed E-state index contributed by atoms with van der Waals surface area (Å²) in [5.74, 6) is 1.29. The van der Waals surface area contributed by atoms with Crippen LogP contribution >= 0.6 is 11.8 Å². The van der Waals surface area contributed by atoms with Gasteiger partial charge in [0.1, 0.15) is 0 Å². The fourth-order valence-electron chi connectivity index (χ4n) is 0.948. The van der Waals surface area contributed by atoms with Crippen LogP contribution in [-0.4, -0.2) is 37.6 Å². The van der Waals surface area contributed by atoms with Gasteiger partial charge in [-0.05, 0) is 31.4 Å². The molecule has 3 nitrogen and oxygen atoms in total. The van der Waals surface area contributed by atoms with Crippen LogP contribution in [-0.2, 0) is 4.79 Å². The second-order valence-electron chi connectivity index (χ2n) is 2.93. The summed E-state index contributed by atoms with van der Waals surface area (Å²) in [5, 5.41) is 6.02. The third kappa shape index (κ3) is 11.8. The van der Waals surface area contributed by atoms with E-state index in [2.05, 4.69) is 16.9 Å². The SMILES string of the molecule is CSCCCCNCCNC(C)=O. The van der Waals surface area contributed by atoms with Crippen molar-refractivity contribution in [2.75, 3.05) is 31.6 Å². The molecule has 0 heterocycles. The van der Waals surface area contributed by atoms with Gasteiger partial charge < -0.3 is 10.6 Å². The summed E-state index contributed by atoms with van der Waals surface area (Å²) in [7, 11) is 0. The lowest BCUT2D eigenvalue weighted by Gasteiger charge is -2.04. The molecular formula is C9H20N2OS. The Hall–Kier alpha value is -0.220. The summed E-state index contributed by atoms with van der Waals surface area (Å²) in [6.07, 6.45) is 4.62. The number of rotatable bonds is 8. The maximum atomic E-state index is 10.5. The summed E-state index contributed by atoms with van der Waals surface area (Å²) in [6, 6.07) is 0. The van der Waals surface area contributed by atoms with E-state index < -0.39 is 0 Å². The molecule has 13 heavy (non-hydrogen) atoms. The number of carbonyl (C=O) groups excluding carboxylic acids is 1. The average molecular weight is 204 g/mol. The van der Waals surface area contributed by atoms with Crippen molar-refractivity contribution in [2.45, 2.75) is 19.8 Å². The fourth-order valence-corrected chi connectivity index (χ4v) is 1.44. The van der Waals surface area contributed by atoms with Gasteiger partial charge in [-0.3, -0.25) is 4.79 Å². The van der Waals surface area contributed by atoms with Crippen LogP contribution in [0.3, 0.4) is 0 Å². The molecule has 0 aliphatic rings. The highest BCUT2D eigenvalue weighted by molar-refractivity contribution is 7.98. The summed E-state index contributed by atoms with van der Waals surface area (Å²) in [5.41, 5.74) is 0. The molecule has 0 saturated carbocycles. The third-order valence-corrected chi connectivity index (χ3v) is 2.32. The predicted octanol–water partition coefficient (Wildman–Crippen LogP) is 0.855. The van der Waals surface area contributed by atoms with E-state index in [1.54, 1.807) is 6.92 Å². The van der Waals surface area contributed by atoms with E-state index in [0.717, 1.165) is 19.6 Å². The molecule has 2 N–H and O–H groups in total. The molecule has 0 rings (SSSR count). The Balaban J connectivity index is 2.87. The number of carbonyl (C=O) groups is 1. The second kappa shape index (κ2) is 9.86. The molecule has 0 aromatic rings. The molecule has 0 aliphatic carbocycles. The molecule has 0 unspecified atom stereocenters. The summed E-state index contributed by atoms with van der Waals surface area (Å²) >= 11 is 1.89. The first-order valence-electron chi connectivity index (χ1n) is 4.71. The molecule has 0 atom stereocenters. The third-order valence-electron chi connectivity index (χ3n) is 1.63. The van der Waals surface area contributed by atoms with Gasteiger partial charge in [0.05, 0.1) is 0 Å². The quantitative estimate of drug-likeness (QED) is 0.576. The highest BCUT2D eigenvalue weighted by Crippen LogP contribution is 1.97. The van der Waals surface area contributed by atoms with Crippen molar-refractivity contribution < 1.29 is 4.79 Å². The Bertz CT molecular complexity index is 131. The van der Waals surface area contributed by atoms with Gasteiger partial charge in [0, 0.05) is 20.0 Å². The normalized spacial score (nSPS) is 10.0. The molecule has 78 valence electrons. The van der Waals surface area contributed by atoms with E-state index in [0.29, 0.717) is 0 Å². The molecule has 0 fully saturated rings. The average Bonchev–Trinajstić information content (AvgIpc) is 2.09. The van der Waals surface area contributed by atoms with Crippen molar-refractivity contribution in [3.63, 3.8) is 0 Å². The largest absolute Gasteiger partial charge is 0.355 e. The zero-order valence-corrected chi connectivity index (χ0v) is 9.38. The first-order chi connectivity index (χ1) is 6.27. The van der Waals surface area contributed by atoms with E-state index in [-0.39, 0.29) is 5.91 Å². The van der Waals surface area contributed by atoms with Gasteiger partial charge in [-0.15, -0.1) is 0 Å². The summed E-state index contributed by atoms with van der Waals surface area (Å²) in [4.78, 5) is 10.5. The smallest absolute Gasteiger partial charge is 0.216 e. The minimum atomic E-state index is 0.0455. The number of nitrogens with one attached hydrogen (secondary N) is 2. The maximum absolute atomic E-state index is 10.5. The Morgan fingerprint density at radius 1 is 1.23 bits per heavy atom. The molecule has 1 amide bonds. The number of thioether (sulfide) groups is 1. The Morgan fingerprint density at radius 3 is 2.62 bits per heavy atom. The monoisotopic (exact) mass is 204 g/mol. The Morgan fingerprint density at radius 2 is 2.00 bits per heavy atom. The maximum Gasteiger partial charge on any atom is 0.216 e. The number of hydrogen-bond acceptors (Lipinski definition) is 3. The minimum absolute atomic E-state index is 0.0455. The molecule has 0 aromatic carbocycles. The first-order valence-corrected chi connectivity index (χ1v) is 6.11. The molecule has 0 aromatic heterocycles. The predicted molar refractivity (Wildman–Crippen MR) is 59.2 cm³/mol. The fraction of sp³-hybridized carbons (Fsp3) is 0.889. The lowest BCUT2D eigenvalue weighted by Crippen LogP contribution is -2.30. The van der Waals surface area contributed by atoms with Crippen LogP contribution in [0.1, 0.15) is 19.8 Å². The van der Waals surface area contributed by atoms with Crippen LogP contribution in [0, 0.1) is 0 Å². The van der Waals surface area contributed by atoms with Crippen LogP contribution in [0.4, 0.5) is 0 Å². The van der Waals surface area contributed by atoms with Gasteiger partial charge in [-0.1, -0.05) is 0 Å². The summed E-state index contributed by atoms with van der Waals surface area (Å²) in [6.45, 7) is 4.20. The Kier molecular flexibility index (Phi) is 9.70. The zero-order chi connectivity index (χ0) is 9.94. The zero-order valence-electron chi connectivity index (χ0n) is 8.56. The van der Waals surface area contributed by atoms with Crippen LogP contribution < -0.4 is 10.6 Å². The van der Waals surface area contributed by atoms with E-state index in [4.69, 9.17) is 0 Å². The number of amides is 1. The van der Waals surface area contributed by atoms with Crippen LogP contribution in [0.5, 0.6) is 0 Å². The van der Waals surface area contributed by atoms with Crippen LogP contribution in [0.25, 0.3) is 0 Å². The van der Waals surface area contributed by atoms with Gasteiger partial charge >= 0.3 is 0 Å². The van der Waals surface area contributed by atoms with Crippen molar-refractivity contribution in [1.82, 2.24) is 10.6 Å². The molecule has 0 aliphatic heterocycles. The van der Waals surface area contributed by atoms with Crippen molar-refractivity contribution in [1.29, 1.82) is 0 Å². The van der Waals surface area contributed by atoms with Crippen molar-refractivity contribution in [3.05, 3.63) is 0 Å². The van der Waals surface area contributed by atoms with Crippen LogP contribution in [0.2, 0.25) is 0 Å². The molecule has 0 bridgehead atoms. The first kappa shape index (κ1) is 12.8. The molecular weight excluding hydrogens is 184 g/mol. The summed E-state index contributed by atoms with van der Waals surface area (Å²) < 4.78 is 0. The molecule has 0 spiro atoms. The van der Waals surface area contributed by atoms with Gasteiger partial charge in [-0.2, -0.15) is 11.8 Å². The van der Waals surface area contributed by atoms with Crippen molar-refractivity contribution in [3.8, 4) is 0 Å². The van der Waals surface area contributed by atoms with E-state index in [1.807, 2.05) is 11.8 Å². The van der Waals surface area contributed by atoms with Gasteiger partial charge in [0.2, 0.25) is 5.91 Å². The van der Waals surface area contributed by atoms with E-state index in [9.17, 15) is 4.79 Å². The molecule has 0 radical (unpaired) electrons. The van der Waals surface area contributed by atoms with Crippen LogP contribution in [0.15, 0.2) is 0 Å². The lowest BCUT2D eigenvalue weighted by molar-refractivity contribution is -0.118.